The lowest BCUT2D eigenvalue weighted by Gasteiger charge is -2.08. The summed E-state index contributed by atoms with van der Waals surface area (Å²) in [5.74, 6) is -0.797. The van der Waals surface area contributed by atoms with Crippen molar-refractivity contribution in [1.82, 2.24) is 9.58 Å². The lowest BCUT2D eigenvalue weighted by Crippen LogP contribution is -2.24. The van der Waals surface area contributed by atoms with Gasteiger partial charge in [-0.3, -0.25) is 9.59 Å². The molecule has 116 valence electrons. The van der Waals surface area contributed by atoms with Crippen molar-refractivity contribution < 1.29 is 9.59 Å². The van der Waals surface area contributed by atoms with Crippen LogP contribution in [0.5, 0.6) is 0 Å². The first kappa shape index (κ1) is 14.1. The van der Waals surface area contributed by atoms with E-state index in [2.05, 4.69) is 5.10 Å². The molecule has 0 bridgehead atoms. The van der Waals surface area contributed by atoms with Gasteiger partial charge in [0.2, 0.25) is 0 Å². The number of hydrogen-bond donors (Lipinski definition) is 0. The molecule has 1 aromatic heterocycles. The molecule has 0 atom stereocenters. The molecule has 0 radical (unpaired) electrons. The summed E-state index contributed by atoms with van der Waals surface area (Å²) in [6.07, 6.45) is 3.42. The number of nitrogens with zero attached hydrogens (tertiary/aromatic N) is 3. The number of benzene rings is 2. The van der Waals surface area contributed by atoms with Crippen molar-refractivity contribution >= 4 is 18.0 Å². The first-order chi connectivity index (χ1) is 11.8. The van der Waals surface area contributed by atoms with Gasteiger partial charge in [0.15, 0.2) is 0 Å². The van der Waals surface area contributed by atoms with Crippen molar-refractivity contribution in [2.45, 2.75) is 0 Å². The number of fused-ring (bicyclic) bond motifs is 1. The molecule has 0 saturated carbocycles. The number of rotatable bonds is 3. The number of para-hydroxylation sites is 1. The Hall–Kier alpha value is -3.47. The average molecular weight is 315 g/mol. The minimum atomic E-state index is -0.398. The third kappa shape index (κ3) is 2.23. The third-order valence-electron chi connectivity index (χ3n) is 3.89. The maximum absolute atomic E-state index is 12.3. The molecule has 0 N–H and O–H groups in total. The largest absolute Gasteiger partial charge is 0.316 e. The average Bonchev–Trinajstić information content (AvgIpc) is 3.19. The van der Waals surface area contributed by atoms with Crippen LogP contribution in [0, 0.1) is 0 Å². The molecule has 0 fully saturated rings. The van der Waals surface area contributed by atoms with Gasteiger partial charge in [0.05, 0.1) is 23.0 Å². The Morgan fingerprint density at radius 1 is 0.750 bits per heavy atom. The van der Waals surface area contributed by atoms with E-state index in [9.17, 15) is 9.59 Å². The molecule has 2 heterocycles. The minimum absolute atomic E-state index is 0.387. The highest BCUT2D eigenvalue weighted by atomic mass is 16.2. The van der Waals surface area contributed by atoms with Gasteiger partial charge in [-0.15, -0.1) is 0 Å². The van der Waals surface area contributed by atoms with Crippen LogP contribution in [0.4, 0.5) is 0 Å². The lowest BCUT2D eigenvalue weighted by molar-refractivity contribution is 0.0660. The van der Waals surface area contributed by atoms with Crippen LogP contribution < -0.4 is 0 Å². The van der Waals surface area contributed by atoms with E-state index < -0.39 is 11.8 Å². The van der Waals surface area contributed by atoms with Gasteiger partial charge in [-0.05, 0) is 36.4 Å². The smallest absolute Gasteiger partial charge is 0.282 e. The second kappa shape index (κ2) is 5.62. The molecule has 2 amide bonds. The number of carbonyl (C=O) groups excluding carboxylic acids is 2. The molecule has 0 unspecified atom stereocenters. The standard InChI is InChI=1S/C19H13N3O2/c23-18-16-10-4-5-11-17(16)19(24)22(18)20-13-15-9-6-12-21(15)14-7-2-1-3-8-14/h1-13H/b20-13-. The van der Waals surface area contributed by atoms with Gasteiger partial charge >= 0.3 is 0 Å². The summed E-state index contributed by atoms with van der Waals surface area (Å²) in [4.78, 5) is 24.6. The normalized spacial score (nSPS) is 13.8. The zero-order chi connectivity index (χ0) is 16.5. The molecule has 2 aromatic carbocycles. The first-order valence-corrected chi connectivity index (χ1v) is 7.50. The highest BCUT2D eigenvalue weighted by molar-refractivity contribution is 6.21. The van der Waals surface area contributed by atoms with Crippen LogP contribution in [0.25, 0.3) is 5.69 Å². The Balaban J connectivity index is 1.65. The zero-order valence-electron chi connectivity index (χ0n) is 12.7. The number of imide groups is 1. The van der Waals surface area contributed by atoms with Gasteiger partial charge in [0.1, 0.15) is 0 Å². The van der Waals surface area contributed by atoms with Crippen LogP contribution in [0.2, 0.25) is 0 Å². The maximum Gasteiger partial charge on any atom is 0.282 e. The monoisotopic (exact) mass is 315 g/mol. The van der Waals surface area contributed by atoms with Crippen LogP contribution in [0.3, 0.4) is 0 Å². The predicted octanol–water partition coefficient (Wildman–Crippen LogP) is 3.11. The molecular weight excluding hydrogens is 302 g/mol. The van der Waals surface area contributed by atoms with E-state index in [1.54, 1.807) is 24.3 Å². The Morgan fingerprint density at radius 3 is 2.04 bits per heavy atom. The fourth-order valence-corrected chi connectivity index (χ4v) is 2.72. The van der Waals surface area contributed by atoms with Gasteiger partial charge in [-0.25, -0.2) is 0 Å². The van der Waals surface area contributed by atoms with Crippen molar-refractivity contribution in [3.63, 3.8) is 0 Å². The highest BCUT2D eigenvalue weighted by Gasteiger charge is 2.35. The van der Waals surface area contributed by atoms with Crippen molar-refractivity contribution in [3.05, 3.63) is 89.7 Å². The SMILES string of the molecule is O=C1c2ccccc2C(=O)N1/N=C\c1cccn1-c1ccccc1. The van der Waals surface area contributed by atoms with E-state index in [-0.39, 0.29) is 0 Å². The lowest BCUT2D eigenvalue weighted by atomic mass is 10.1. The number of hydrazone groups is 1. The Kier molecular flexibility index (Phi) is 3.31. The van der Waals surface area contributed by atoms with E-state index in [1.165, 1.54) is 6.21 Å². The number of hydrogen-bond acceptors (Lipinski definition) is 3. The minimum Gasteiger partial charge on any atom is -0.316 e. The molecular formula is C19H13N3O2. The van der Waals surface area contributed by atoms with Gasteiger partial charge in [0.25, 0.3) is 11.8 Å². The van der Waals surface area contributed by atoms with Crippen LogP contribution in [0.15, 0.2) is 78.0 Å². The van der Waals surface area contributed by atoms with E-state index in [1.807, 2.05) is 53.2 Å². The Morgan fingerprint density at radius 2 is 1.38 bits per heavy atom. The number of carbonyl (C=O) groups is 2. The molecule has 1 aliphatic rings. The fourth-order valence-electron chi connectivity index (χ4n) is 2.72. The molecule has 3 aromatic rings. The molecule has 5 heteroatoms. The predicted molar refractivity (Wildman–Crippen MR) is 90.3 cm³/mol. The van der Waals surface area contributed by atoms with E-state index in [0.29, 0.717) is 11.1 Å². The molecule has 24 heavy (non-hydrogen) atoms. The third-order valence-corrected chi connectivity index (χ3v) is 3.89. The van der Waals surface area contributed by atoms with Gasteiger partial charge in [-0.2, -0.15) is 10.1 Å². The quantitative estimate of drug-likeness (QED) is 0.551. The van der Waals surface area contributed by atoms with Crippen LogP contribution >= 0.6 is 0 Å². The Labute approximate surface area is 138 Å². The molecule has 0 saturated heterocycles. The molecule has 0 spiro atoms. The highest BCUT2D eigenvalue weighted by Crippen LogP contribution is 2.22. The summed E-state index contributed by atoms with van der Waals surface area (Å²) in [6.45, 7) is 0. The summed E-state index contributed by atoms with van der Waals surface area (Å²) >= 11 is 0. The summed E-state index contributed by atoms with van der Waals surface area (Å²) in [7, 11) is 0. The van der Waals surface area contributed by atoms with Gasteiger partial charge in [-0.1, -0.05) is 30.3 Å². The van der Waals surface area contributed by atoms with Crippen molar-refractivity contribution in [2.24, 2.45) is 5.10 Å². The zero-order valence-corrected chi connectivity index (χ0v) is 12.7. The van der Waals surface area contributed by atoms with Crippen LogP contribution in [-0.4, -0.2) is 27.6 Å². The molecule has 0 aliphatic carbocycles. The fraction of sp³-hybridized carbons (Fsp3) is 0. The van der Waals surface area contributed by atoms with E-state index in [0.717, 1.165) is 16.4 Å². The Bertz CT molecular complexity index is 923. The van der Waals surface area contributed by atoms with Crippen molar-refractivity contribution in [3.8, 4) is 5.69 Å². The first-order valence-electron chi connectivity index (χ1n) is 7.50. The number of amides is 2. The van der Waals surface area contributed by atoms with E-state index in [4.69, 9.17) is 0 Å². The topological polar surface area (TPSA) is 54.7 Å². The molecule has 5 nitrogen and oxygen atoms in total. The number of aromatic nitrogens is 1. The summed E-state index contributed by atoms with van der Waals surface area (Å²) in [5, 5.41) is 5.03. The van der Waals surface area contributed by atoms with E-state index >= 15 is 0 Å². The second-order valence-corrected chi connectivity index (χ2v) is 5.35. The summed E-state index contributed by atoms with van der Waals surface area (Å²) in [5.41, 5.74) is 2.53. The summed E-state index contributed by atoms with van der Waals surface area (Å²) < 4.78 is 1.93. The van der Waals surface area contributed by atoms with Gasteiger partial charge in [0, 0.05) is 11.9 Å². The van der Waals surface area contributed by atoms with Crippen molar-refractivity contribution in [1.29, 1.82) is 0 Å². The molecule has 1 aliphatic heterocycles. The van der Waals surface area contributed by atoms with Gasteiger partial charge < -0.3 is 4.57 Å². The second-order valence-electron chi connectivity index (χ2n) is 5.35. The van der Waals surface area contributed by atoms with Crippen molar-refractivity contribution in [2.75, 3.05) is 0 Å². The van der Waals surface area contributed by atoms with Crippen LogP contribution in [0.1, 0.15) is 26.4 Å². The maximum atomic E-state index is 12.3. The van der Waals surface area contributed by atoms with Crippen LogP contribution in [-0.2, 0) is 0 Å². The molecule has 4 rings (SSSR count). The summed E-state index contributed by atoms with van der Waals surface area (Å²) in [6, 6.07) is 20.3.